The summed E-state index contributed by atoms with van der Waals surface area (Å²) in [5, 5.41) is 12.5. The lowest BCUT2D eigenvalue weighted by Gasteiger charge is -2.11. The van der Waals surface area contributed by atoms with Gasteiger partial charge in [0.15, 0.2) is 0 Å². The Morgan fingerprint density at radius 1 is 0.153 bits per heavy atom. The summed E-state index contributed by atoms with van der Waals surface area (Å²) in [5.41, 5.74) is 26.3. The minimum Gasteiger partial charge on any atom is -0.309 e. The molecule has 20 rings (SSSR count). The summed E-state index contributed by atoms with van der Waals surface area (Å²) >= 11 is 0. The van der Waals surface area contributed by atoms with Gasteiger partial charge < -0.3 is 18.3 Å². The van der Waals surface area contributed by atoms with E-state index in [-0.39, 0.29) is 0 Å². The van der Waals surface area contributed by atoms with Crippen LogP contribution in [0.4, 0.5) is 0 Å². The number of nitrogens with zero attached hydrogens (tertiary/aromatic N) is 5. The van der Waals surface area contributed by atoms with E-state index < -0.39 is 0 Å². The Labute approximate surface area is 566 Å². The van der Waals surface area contributed by atoms with E-state index in [0.29, 0.717) is 0 Å². The Kier molecular flexibility index (Phi) is 13.5. The third kappa shape index (κ3) is 9.58. The van der Waals surface area contributed by atoms with Crippen LogP contribution in [0.1, 0.15) is 0 Å². The first kappa shape index (κ1) is 56.5. The number of hydrogen-bond acceptors (Lipinski definition) is 1. The minimum atomic E-state index is 1.14. The highest BCUT2D eigenvalue weighted by Gasteiger charge is 2.20. The smallest absolute Gasteiger partial charge is 0.0547 e. The Balaban J connectivity index is 0.000000137. The van der Waals surface area contributed by atoms with Gasteiger partial charge in [0.1, 0.15) is 0 Å². The number of hydrogen-bond donors (Lipinski definition) is 0. The fraction of sp³-hybridized carbons (Fsp3) is 0. The zero-order valence-corrected chi connectivity index (χ0v) is 53.5. The first-order chi connectivity index (χ1) is 48.6. The lowest BCUT2D eigenvalue weighted by molar-refractivity contribution is 1.18. The quantitative estimate of drug-likeness (QED) is 0.142. The zero-order valence-electron chi connectivity index (χ0n) is 53.5. The highest BCUT2D eigenvalue weighted by atomic mass is 15.0. The molecule has 15 aromatic carbocycles. The lowest BCUT2D eigenvalue weighted by atomic mass is 10.0. The fourth-order valence-corrected chi connectivity index (χ4v) is 15.2. The Morgan fingerprint density at radius 2 is 0.439 bits per heavy atom. The van der Waals surface area contributed by atoms with Crippen molar-refractivity contribution in [1.82, 2.24) is 23.3 Å². The van der Waals surface area contributed by atoms with Crippen LogP contribution in [0.5, 0.6) is 0 Å². The van der Waals surface area contributed by atoms with E-state index in [1.165, 1.54) is 159 Å². The normalized spacial score (nSPS) is 11.7. The summed E-state index contributed by atoms with van der Waals surface area (Å²) in [6.07, 6.45) is 3.68. The van der Waals surface area contributed by atoms with Gasteiger partial charge in [0.25, 0.3) is 0 Å². The van der Waals surface area contributed by atoms with Crippen molar-refractivity contribution in [2.24, 2.45) is 0 Å². The summed E-state index contributed by atoms with van der Waals surface area (Å²) < 4.78 is 9.60. The lowest BCUT2D eigenvalue weighted by Crippen LogP contribution is -1.94. The molecular formula is C93H61N5. The molecule has 5 nitrogen and oxygen atoms in total. The minimum absolute atomic E-state index is 1.14. The number of aromatic nitrogens is 5. The van der Waals surface area contributed by atoms with Crippen LogP contribution in [-0.4, -0.2) is 23.3 Å². The van der Waals surface area contributed by atoms with Crippen molar-refractivity contribution in [3.63, 3.8) is 0 Å². The number of rotatable bonds is 9. The molecule has 0 N–H and O–H groups in total. The van der Waals surface area contributed by atoms with E-state index >= 15 is 0 Å². The van der Waals surface area contributed by atoms with Gasteiger partial charge in [0.05, 0.1) is 44.1 Å². The van der Waals surface area contributed by atoms with E-state index in [1.807, 2.05) is 12.4 Å². The predicted octanol–water partition coefficient (Wildman–Crippen LogP) is 24.6. The number of fused-ring (bicyclic) bond motifs is 13. The van der Waals surface area contributed by atoms with Crippen LogP contribution in [0.25, 0.3) is 176 Å². The maximum absolute atomic E-state index is 4.18. The van der Waals surface area contributed by atoms with E-state index in [9.17, 15) is 0 Å². The topological polar surface area (TPSA) is 32.6 Å². The molecule has 0 aliphatic carbocycles. The first-order valence-electron chi connectivity index (χ1n) is 33.6. The third-order valence-electron chi connectivity index (χ3n) is 20.0. The van der Waals surface area contributed by atoms with Gasteiger partial charge in [-0.2, -0.15) is 0 Å². The van der Waals surface area contributed by atoms with Gasteiger partial charge in [0.2, 0.25) is 0 Å². The van der Waals surface area contributed by atoms with Gasteiger partial charge >= 0.3 is 0 Å². The monoisotopic (exact) mass is 1250 g/mol. The first-order valence-corrected chi connectivity index (χ1v) is 33.6. The highest BCUT2D eigenvalue weighted by Crippen LogP contribution is 2.42. The third-order valence-corrected chi connectivity index (χ3v) is 20.0. The van der Waals surface area contributed by atoms with Crippen molar-refractivity contribution in [2.75, 3.05) is 0 Å². The highest BCUT2D eigenvalue weighted by molar-refractivity contribution is 6.15. The molecule has 0 radical (unpaired) electrons. The van der Waals surface area contributed by atoms with Crippen LogP contribution in [0, 0.1) is 0 Å². The summed E-state index contributed by atoms with van der Waals surface area (Å²) in [6.45, 7) is 0. The van der Waals surface area contributed by atoms with Crippen LogP contribution >= 0.6 is 0 Å². The molecule has 5 heteroatoms. The molecule has 20 aromatic rings. The summed E-state index contributed by atoms with van der Waals surface area (Å²) in [7, 11) is 0. The molecule has 0 saturated carbocycles. The van der Waals surface area contributed by atoms with Crippen molar-refractivity contribution in [1.29, 1.82) is 0 Å². The molecule has 0 aliphatic rings. The number of benzene rings is 15. The number of para-hydroxylation sites is 4. The van der Waals surface area contributed by atoms with Gasteiger partial charge in [-0.15, -0.1) is 0 Å². The second kappa shape index (κ2) is 23.4. The van der Waals surface area contributed by atoms with Crippen LogP contribution in [0.15, 0.2) is 370 Å². The van der Waals surface area contributed by atoms with E-state index in [2.05, 4.69) is 381 Å². The molecule has 0 atom stereocenters. The SMILES string of the molecule is c1ccc(-c2ccc(-n3c4ccccc4c4ccc(-c5ccc6c(c5)c5ccccc5n6-c5ccc(-c6ccncc6)cc5)cc43)cc2)cc1.c1ccc(-c2ccc(-n3c4ccccc4c4ccc(-c5ccc6c(c5)c5ccccc5n6-c5ccc6ccccc6c5)cc43)cc2)cc1. The molecule has 98 heavy (non-hydrogen) atoms. The maximum Gasteiger partial charge on any atom is 0.0547 e. The van der Waals surface area contributed by atoms with Gasteiger partial charge in [-0.05, 0) is 188 Å². The van der Waals surface area contributed by atoms with Gasteiger partial charge in [-0.25, -0.2) is 0 Å². The second-order valence-corrected chi connectivity index (χ2v) is 25.5. The van der Waals surface area contributed by atoms with Crippen molar-refractivity contribution >= 4 is 98.0 Å². The molecule has 0 spiro atoms. The summed E-state index contributed by atoms with van der Waals surface area (Å²) in [6, 6.07) is 130. The van der Waals surface area contributed by atoms with Crippen LogP contribution < -0.4 is 0 Å². The van der Waals surface area contributed by atoms with Gasteiger partial charge in [-0.1, -0.05) is 237 Å². The molecule has 0 saturated heterocycles. The molecule has 5 heterocycles. The summed E-state index contributed by atoms with van der Waals surface area (Å²) in [5.74, 6) is 0. The standard InChI is InChI=1S/C47H31N3.C46H30N2/c1-2-8-32(9-3-1)33-14-22-39(23-15-33)50-44-12-6-4-10-40(44)42-24-18-37(31-47(42)50)36-19-25-46-43(30-36)41-11-5-7-13-45(41)49(46)38-20-16-34(17-21-38)35-26-28-48-29-27-35;1-2-10-31(11-3-1)33-18-23-37(24-19-33)47-43-16-8-6-14-39(43)41-26-21-36(30-46(41)47)35-22-27-45-42(29-35)40-15-7-9-17-44(40)48(45)38-25-20-32-12-4-5-13-34(32)28-38/h1-31H;1-30H. The van der Waals surface area contributed by atoms with Gasteiger partial charge in [0, 0.05) is 78.2 Å². The fourth-order valence-electron chi connectivity index (χ4n) is 15.2. The Hall–Kier alpha value is -13.1. The predicted molar refractivity (Wildman–Crippen MR) is 413 cm³/mol. The zero-order chi connectivity index (χ0) is 64.6. The van der Waals surface area contributed by atoms with Crippen LogP contribution in [-0.2, 0) is 0 Å². The van der Waals surface area contributed by atoms with Crippen molar-refractivity contribution in [3.05, 3.63) is 370 Å². The molecule has 0 amide bonds. The average Bonchev–Trinajstić information content (AvgIpc) is 1.60. The molecule has 5 aromatic heterocycles. The van der Waals surface area contributed by atoms with Crippen molar-refractivity contribution < 1.29 is 0 Å². The van der Waals surface area contributed by atoms with Gasteiger partial charge in [-0.3, -0.25) is 4.98 Å². The number of pyridine rings is 1. The maximum atomic E-state index is 4.18. The molecule has 458 valence electrons. The van der Waals surface area contributed by atoms with Crippen molar-refractivity contribution in [2.45, 2.75) is 0 Å². The van der Waals surface area contributed by atoms with Crippen molar-refractivity contribution in [3.8, 4) is 78.4 Å². The molecule has 0 fully saturated rings. The second-order valence-electron chi connectivity index (χ2n) is 25.5. The van der Waals surface area contributed by atoms with Crippen LogP contribution in [0.2, 0.25) is 0 Å². The molecule has 0 aliphatic heterocycles. The molecule has 0 unspecified atom stereocenters. The van der Waals surface area contributed by atoms with E-state index in [4.69, 9.17) is 0 Å². The average molecular weight is 1250 g/mol. The van der Waals surface area contributed by atoms with E-state index in [1.54, 1.807) is 0 Å². The largest absolute Gasteiger partial charge is 0.309 e. The Bertz CT molecular complexity index is 6430. The van der Waals surface area contributed by atoms with Crippen LogP contribution in [0.3, 0.4) is 0 Å². The summed E-state index contributed by atoms with van der Waals surface area (Å²) in [4.78, 5) is 4.18. The Morgan fingerprint density at radius 3 is 0.878 bits per heavy atom. The molecular weight excluding hydrogens is 1190 g/mol. The van der Waals surface area contributed by atoms with E-state index in [0.717, 1.165) is 17.1 Å². The molecule has 0 bridgehead atoms.